The minimum atomic E-state index is -0.456. The Morgan fingerprint density at radius 1 is 1.42 bits per heavy atom. The summed E-state index contributed by atoms with van der Waals surface area (Å²) in [6.07, 6.45) is 3.72. The zero-order valence-electron chi connectivity index (χ0n) is 10.8. The van der Waals surface area contributed by atoms with E-state index in [0.29, 0.717) is 24.2 Å². The first-order chi connectivity index (χ1) is 9.01. The average molecular weight is 260 g/mol. The Hall–Kier alpha value is -2.43. The Morgan fingerprint density at radius 3 is 2.58 bits per heavy atom. The van der Waals surface area contributed by atoms with Crippen LogP contribution in [0.15, 0.2) is 43.5 Å². The lowest BCUT2D eigenvalue weighted by molar-refractivity contribution is -0.384. The summed E-state index contributed by atoms with van der Waals surface area (Å²) in [5.74, 6) is -0.140. The van der Waals surface area contributed by atoms with Crippen molar-refractivity contribution >= 4 is 17.3 Å². The molecule has 0 aliphatic rings. The van der Waals surface area contributed by atoms with Gasteiger partial charge in [-0.05, 0) is 18.1 Å². The van der Waals surface area contributed by atoms with Crippen LogP contribution < -0.4 is 4.90 Å². The van der Waals surface area contributed by atoms with Crippen LogP contribution in [0.25, 0.3) is 0 Å². The fourth-order valence-corrected chi connectivity index (χ4v) is 1.79. The molecule has 0 saturated heterocycles. The highest BCUT2D eigenvalue weighted by Gasteiger charge is 2.16. The summed E-state index contributed by atoms with van der Waals surface area (Å²) < 4.78 is 0. The molecular formula is C14H16N2O3. The van der Waals surface area contributed by atoms with E-state index in [2.05, 4.69) is 13.2 Å². The quantitative estimate of drug-likeness (QED) is 0.449. The van der Waals surface area contributed by atoms with Crippen LogP contribution in [0.5, 0.6) is 0 Å². The van der Waals surface area contributed by atoms with Crippen LogP contribution in [-0.2, 0) is 11.2 Å². The number of anilines is 1. The number of non-ortho nitro benzene ring substituents is 1. The van der Waals surface area contributed by atoms with E-state index in [9.17, 15) is 14.9 Å². The number of allylic oxidation sites excluding steroid dienone is 1. The minimum absolute atomic E-state index is 0.00250. The van der Waals surface area contributed by atoms with Crippen LogP contribution >= 0.6 is 0 Å². The van der Waals surface area contributed by atoms with Gasteiger partial charge in [0.15, 0.2) is 0 Å². The molecule has 0 aliphatic heterocycles. The maximum atomic E-state index is 11.6. The number of nitrogens with zero attached hydrogens (tertiary/aromatic N) is 2. The number of nitro groups is 1. The summed E-state index contributed by atoms with van der Waals surface area (Å²) in [6.45, 7) is 9.04. The summed E-state index contributed by atoms with van der Waals surface area (Å²) in [5, 5.41) is 10.8. The molecule has 0 atom stereocenters. The molecule has 0 fully saturated rings. The van der Waals surface area contributed by atoms with Gasteiger partial charge in [0.1, 0.15) is 0 Å². The Bertz CT molecular complexity index is 523. The largest absolute Gasteiger partial charge is 0.309 e. The Morgan fingerprint density at radius 2 is 2.11 bits per heavy atom. The Kier molecular flexibility index (Phi) is 5.00. The second-order valence-corrected chi connectivity index (χ2v) is 3.98. The van der Waals surface area contributed by atoms with Gasteiger partial charge in [0.2, 0.25) is 5.91 Å². The molecule has 0 N–H and O–H groups in total. The predicted molar refractivity (Wildman–Crippen MR) is 75.2 cm³/mol. The molecule has 0 bridgehead atoms. The van der Waals surface area contributed by atoms with Gasteiger partial charge in [-0.3, -0.25) is 14.9 Å². The van der Waals surface area contributed by atoms with Gasteiger partial charge >= 0.3 is 0 Å². The molecule has 1 aromatic rings. The molecule has 0 unspecified atom stereocenters. The second kappa shape index (κ2) is 6.49. The van der Waals surface area contributed by atoms with Gasteiger partial charge in [0, 0.05) is 31.3 Å². The molecule has 5 nitrogen and oxygen atoms in total. The van der Waals surface area contributed by atoms with Crippen LogP contribution in [0.1, 0.15) is 12.5 Å². The van der Waals surface area contributed by atoms with Gasteiger partial charge in [-0.2, -0.15) is 0 Å². The van der Waals surface area contributed by atoms with E-state index in [4.69, 9.17) is 0 Å². The van der Waals surface area contributed by atoms with E-state index < -0.39 is 4.92 Å². The Labute approximate surface area is 112 Å². The van der Waals surface area contributed by atoms with Gasteiger partial charge in [-0.15, -0.1) is 13.2 Å². The number of carbonyl (C=O) groups excluding carboxylic acids is 1. The molecule has 0 heterocycles. The molecule has 0 saturated carbocycles. The van der Waals surface area contributed by atoms with Crippen LogP contribution in [0.4, 0.5) is 11.4 Å². The monoisotopic (exact) mass is 260 g/mol. The average Bonchev–Trinajstić information content (AvgIpc) is 2.36. The zero-order valence-corrected chi connectivity index (χ0v) is 10.8. The van der Waals surface area contributed by atoms with Crippen molar-refractivity contribution in [1.82, 2.24) is 0 Å². The standard InChI is InChI=1S/C14H16N2O3/c1-4-6-12-10-13(16(18)19)7-8-14(12)15(9-5-2)11(3)17/h4-5,7-8,10H,1-2,6,9H2,3H3. The van der Waals surface area contributed by atoms with Gasteiger partial charge in [-0.25, -0.2) is 0 Å². The normalized spacial score (nSPS) is 9.74. The molecule has 100 valence electrons. The summed E-state index contributed by atoms with van der Waals surface area (Å²) >= 11 is 0. The lowest BCUT2D eigenvalue weighted by atomic mass is 10.1. The van der Waals surface area contributed by atoms with Crippen LogP contribution in [0, 0.1) is 10.1 Å². The number of benzene rings is 1. The number of hydrogen-bond acceptors (Lipinski definition) is 3. The van der Waals surface area contributed by atoms with E-state index in [1.165, 1.54) is 24.0 Å². The first-order valence-electron chi connectivity index (χ1n) is 5.78. The van der Waals surface area contributed by atoms with Gasteiger partial charge in [0.25, 0.3) is 5.69 Å². The van der Waals surface area contributed by atoms with E-state index in [-0.39, 0.29) is 11.6 Å². The third kappa shape index (κ3) is 3.51. The number of amides is 1. The van der Waals surface area contributed by atoms with Crippen molar-refractivity contribution in [2.24, 2.45) is 0 Å². The number of hydrogen-bond donors (Lipinski definition) is 0. The molecule has 1 amide bonds. The Balaban J connectivity index is 3.31. The molecular weight excluding hydrogens is 244 g/mol. The van der Waals surface area contributed by atoms with Crippen molar-refractivity contribution in [2.45, 2.75) is 13.3 Å². The molecule has 0 aliphatic carbocycles. The highest BCUT2D eigenvalue weighted by Crippen LogP contribution is 2.26. The maximum absolute atomic E-state index is 11.6. The third-order valence-electron chi connectivity index (χ3n) is 2.62. The molecule has 0 spiro atoms. The van der Waals surface area contributed by atoms with Crippen LogP contribution in [0.2, 0.25) is 0 Å². The van der Waals surface area contributed by atoms with Gasteiger partial charge in [0.05, 0.1) is 4.92 Å². The second-order valence-electron chi connectivity index (χ2n) is 3.98. The third-order valence-corrected chi connectivity index (χ3v) is 2.62. The highest BCUT2D eigenvalue weighted by molar-refractivity contribution is 5.92. The molecule has 1 aromatic carbocycles. The van der Waals surface area contributed by atoms with Crippen molar-refractivity contribution in [2.75, 3.05) is 11.4 Å². The van der Waals surface area contributed by atoms with Crippen molar-refractivity contribution in [3.8, 4) is 0 Å². The zero-order chi connectivity index (χ0) is 14.4. The summed E-state index contributed by atoms with van der Waals surface area (Å²) in [6, 6.07) is 4.44. The number of nitro benzene ring substituents is 1. The summed E-state index contributed by atoms with van der Waals surface area (Å²) in [5.41, 5.74) is 1.35. The molecule has 1 rings (SSSR count). The summed E-state index contributed by atoms with van der Waals surface area (Å²) in [4.78, 5) is 23.5. The SMILES string of the molecule is C=CCc1cc([N+](=O)[O-])ccc1N(CC=C)C(C)=O. The van der Waals surface area contributed by atoms with Crippen LogP contribution in [0.3, 0.4) is 0 Å². The van der Waals surface area contributed by atoms with Gasteiger partial charge in [-0.1, -0.05) is 12.2 Å². The van der Waals surface area contributed by atoms with Crippen molar-refractivity contribution in [1.29, 1.82) is 0 Å². The summed E-state index contributed by atoms with van der Waals surface area (Å²) in [7, 11) is 0. The molecule has 0 radical (unpaired) electrons. The van der Waals surface area contributed by atoms with Gasteiger partial charge < -0.3 is 4.90 Å². The topological polar surface area (TPSA) is 63.5 Å². The van der Waals surface area contributed by atoms with Crippen LogP contribution in [-0.4, -0.2) is 17.4 Å². The van der Waals surface area contributed by atoms with E-state index >= 15 is 0 Å². The number of carbonyl (C=O) groups is 1. The predicted octanol–water partition coefficient (Wildman–Crippen LogP) is 2.86. The highest BCUT2D eigenvalue weighted by atomic mass is 16.6. The van der Waals surface area contributed by atoms with E-state index in [1.807, 2.05) is 0 Å². The minimum Gasteiger partial charge on any atom is -0.309 e. The molecule has 0 aromatic heterocycles. The fourth-order valence-electron chi connectivity index (χ4n) is 1.79. The lowest BCUT2D eigenvalue weighted by Gasteiger charge is -2.22. The molecule has 5 heteroatoms. The van der Waals surface area contributed by atoms with Crippen molar-refractivity contribution in [3.63, 3.8) is 0 Å². The molecule has 19 heavy (non-hydrogen) atoms. The van der Waals surface area contributed by atoms with E-state index in [1.54, 1.807) is 18.2 Å². The lowest BCUT2D eigenvalue weighted by Crippen LogP contribution is -2.29. The fraction of sp³-hybridized carbons (Fsp3) is 0.214. The maximum Gasteiger partial charge on any atom is 0.269 e. The number of rotatable bonds is 6. The van der Waals surface area contributed by atoms with E-state index in [0.717, 1.165) is 0 Å². The smallest absolute Gasteiger partial charge is 0.269 e. The first-order valence-corrected chi connectivity index (χ1v) is 5.78. The van der Waals surface area contributed by atoms with Crippen molar-refractivity contribution < 1.29 is 9.72 Å². The first kappa shape index (κ1) is 14.6. The van der Waals surface area contributed by atoms with Crippen molar-refractivity contribution in [3.05, 3.63) is 59.2 Å².